The first-order valence-electron chi connectivity index (χ1n) is 9.80. The Morgan fingerprint density at radius 1 is 1.23 bits per heavy atom. The number of halogens is 1. The van der Waals surface area contributed by atoms with Crippen molar-refractivity contribution in [2.24, 2.45) is 5.41 Å². The first-order chi connectivity index (χ1) is 14.7. The molecule has 0 radical (unpaired) electrons. The SMILES string of the molecule is CC(C)(C)C(NC(=O)O)c1ncc(-c2nc(N3CCOCC3)c3nc(Cl)[nH]c3n2)cn1. The zero-order valence-electron chi connectivity index (χ0n) is 17.4. The van der Waals surface area contributed by atoms with Crippen LogP contribution in [0.2, 0.25) is 5.28 Å². The second-order valence-electron chi connectivity index (χ2n) is 8.27. The van der Waals surface area contributed by atoms with Gasteiger partial charge in [0.05, 0.1) is 24.8 Å². The fourth-order valence-electron chi connectivity index (χ4n) is 3.38. The van der Waals surface area contributed by atoms with Crippen LogP contribution in [-0.4, -0.2) is 67.4 Å². The zero-order chi connectivity index (χ0) is 22.2. The monoisotopic (exact) mass is 446 g/mol. The summed E-state index contributed by atoms with van der Waals surface area (Å²) in [7, 11) is 0. The molecular weight excluding hydrogens is 424 g/mol. The minimum Gasteiger partial charge on any atom is -0.465 e. The summed E-state index contributed by atoms with van der Waals surface area (Å²) in [4.78, 5) is 38.6. The van der Waals surface area contributed by atoms with E-state index in [-0.39, 0.29) is 5.28 Å². The van der Waals surface area contributed by atoms with Crippen molar-refractivity contribution in [3.05, 3.63) is 23.5 Å². The number of imidazole rings is 1. The van der Waals surface area contributed by atoms with Crippen LogP contribution in [-0.2, 0) is 4.74 Å². The van der Waals surface area contributed by atoms with E-state index in [0.29, 0.717) is 60.5 Å². The van der Waals surface area contributed by atoms with Crippen molar-refractivity contribution in [2.45, 2.75) is 26.8 Å². The summed E-state index contributed by atoms with van der Waals surface area (Å²) in [5.41, 5.74) is 1.28. The summed E-state index contributed by atoms with van der Waals surface area (Å²) in [6.45, 7) is 8.30. The quantitative estimate of drug-likeness (QED) is 0.515. The minimum absolute atomic E-state index is 0.232. The van der Waals surface area contributed by atoms with Crippen LogP contribution in [0, 0.1) is 5.41 Å². The molecule has 0 saturated carbocycles. The molecule has 1 atom stereocenters. The molecule has 4 rings (SSSR count). The smallest absolute Gasteiger partial charge is 0.405 e. The molecule has 0 aromatic carbocycles. The molecule has 0 aliphatic carbocycles. The van der Waals surface area contributed by atoms with Gasteiger partial charge in [0.15, 0.2) is 28.6 Å². The summed E-state index contributed by atoms with van der Waals surface area (Å²) in [5.74, 6) is 1.45. The van der Waals surface area contributed by atoms with Gasteiger partial charge in [0, 0.05) is 25.5 Å². The summed E-state index contributed by atoms with van der Waals surface area (Å²) in [6.07, 6.45) is 2.05. The molecule has 12 heteroatoms. The molecule has 3 N–H and O–H groups in total. The summed E-state index contributed by atoms with van der Waals surface area (Å²) in [6, 6.07) is -0.572. The summed E-state index contributed by atoms with van der Waals surface area (Å²) in [5, 5.41) is 11.9. The number of H-pyrrole nitrogens is 1. The lowest BCUT2D eigenvalue weighted by molar-refractivity contribution is 0.122. The molecular formula is C19H23ClN8O3. The second kappa shape index (κ2) is 8.23. The van der Waals surface area contributed by atoms with E-state index >= 15 is 0 Å². The van der Waals surface area contributed by atoms with Crippen molar-refractivity contribution in [3.8, 4) is 11.4 Å². The lowest BCUT2D eigenvalue weighted by Crippen LogP contribution is -2.37. The number of nitrogens with zero attached hydrogens (tertiary/aromatic N) is 6. The van der Waals surface area contributed by atoms with Gasteiger partial charge in [-0.25, -0.2) is 29.7 Å². The van der Waals surface area contributed by atoms with E-state index < -0.39 is 17.6 Å². The first kappa shape index (κ1) is 21.2. The van der Waals surface area contributed by atoms with Crippen LogP contribution in [0.15, 0.2) is 12.4 Å². The summed E-state index contributed by atoms with van der Waals surface area (Å²) >= 11 is 6.07. The van der Waals surface area contributed by atoms with Gasteiger partial charge in [-0.1, -0.05) is 20.8 Å². The fraction of sp³-hybridized carbons (Fsp3) is 0.474. The van der Waals surface area contributed by atoms with Crippen LogP contribution in [0.3, 0.4) is 0 Å². The van der Waals surface area contributed by atoms with Crippen LogP contribution in [0.25, 0.3) is 22.6 Å². The third-order valence-electron chi connectivity index (χ3n) is 4.93. The minimum atomic E-state index is -1.13. The molecule has 1 aliphatic rings. The Hall–Kier alpha value is -3.05. The number of morpholine rings is 1. The van der Waals surface area contributed by atoms with Crippen LogP contribution in [0.5, 0.6) is 0 Å². The first-order valence-corrected chi connectivity index (χ1v) is 10.2. The van der Waals surface area contributed by atoms with Gasteiger partial charge in [0.1, 0.15) is 0 Å². The number of fused-ring (bicyclic) bond motifs is 1. The van der Waals surface area contributed by atoms with Gasteiger partial charge in [-0.3, -0.25) is 0 Å². The van der Waals surface area contributed by atoms with Crippen LogP contribution >= 0.6 is 11.6 Å². The number of anilines is 1. The molecule has 164 valence electrons. The van der Waals surface area contributed by atoms with Crippen molar-refractivity contribution < 1.29 is 14.6 Å². The molecule has 1 fully saturated rings. The fourth-order valence-corrected chi connectivity index (χ4v) is 3.55. The molecule has 0 spiro atoms. The lowest BCUT2D eigenvalue weighted by atomic mass is 9.86. The van der Waals surface area contributed by atoms with Gasteiger partial charge >= 0.3 is 6.09 Å². The highest BCUT2D eigenvalue weighted by atomic mass is 35.5. The number of carbonyl (C=O) groups is 1. The van der Waals surface area contributed by atoms with E-state index in [2.05, 4.69) is 35.1 Å². The van der Waals surface area contributed by atoms with E-state index in [1.807, 2.05) is 20.8 Å². The maximum absolute atomic E-state index is 11.2. The van der Waals surface area contributed by atoms with Gasteiger partial charge in [0.2, 0.25) is 5.28 Å². The van der Waals surface area contributed by atoms with Crippen LogP contribution < -0.4 is 10.2 Å². The average molecular weight is 447 g/mol. The third kappa shape index (κ3) is 4.52. The Morgan fingerprint density at radius 2 is 1.90 bits per heavy atom. The van der Waals surface area contributed by atoms with Crippen molar-refractivity contribution in [2.75, 3.05) is 31.2 Å². The highest BCUT2D eigenvalue weighted by molar-refractivity contribution is 6.29. The number of ether oxygens (including phenoxy) is 1. The van der Waals surface area contributed by atoms with E-state index in [1.165, 1.54) is 0 Å². The predicted molar refractivity (Wildman–Crippen MR) is 114 cm³/mol. The van der Waals surface area contributed by atoms with Gasteiger partial charge in [-0.15, -0.1) is 0 Å². The van der Waals surface area contributed by atoms with Crippen LogP contribution in [0.4, 0.5) is 10.6 Å². The van der Waals surface area contributed by atoms with Crippen LogP contribution in [0.1, 0.15) is 32.6 Å². The Kier molecular flexibility index (Phi) is 5.63. The van der Waals surface area contributed by atoms with E-state index in [0.717, 1.165) is 0 Å². The standard InChI is InChI=1S/C19H23ClN8O3/c1-19(2,3)12(24-18(29)30)15-21-8-10(9-22-15)13-25-14-11(23-17(20)27-14)16(26-13)28-4-6-31-7-5-28/h8-9,12,24H,4-7H2,1-3H3,(H,29,30)(H,23,25,26,27). The number of aromatic amines is 1. The topological polar surface area (TPSA) is 142 Å². The molecule has 1 aliphatic heterocycles. The molecule has 1 amide bonds. The molecule has 3 aromatic heterocycles. The molecule has 3 aromatic rings. The Balaban J connectivity index is 1.72. The van der Waals surface area contributed by atoms with Gasteiger partial charge in [-0.05, 0) is 17.0 Å². The maximum Gasteiger partial charge on any atom is 0.405 e. The highest BCUT2D eigenvalue weighted by Gasteiger charge is 2.30. The van der Waals surface area contributed by atoms with E-state index in [1.54, 1.807) is 12.4 Å². The van der Waals surface area contributed by atoms with Crippen molar-refractivity contribution in [1.82, 2.24) is 35.2 Å². The number of nitrogens with one attached hydrogen (secondary N) is 2. The molecule has 31 heavy (non-hydrogen) atoms. The second-order valence-corrected chi connectivity index (χ2v) is 8.63. The van der Waals surface area contributed by atoms with Gasteiger partial charge in [-0.2, -0.15) is 0 Å². The normalized spacial score (nSPS) is 15.8. The number of amides is 1. The van der Waals surface area contributed by atoms with Crippen molar-refractivity contribution in [3.63, 3.8) is 0 Å². The largest absolute Gasteiger partial charge is 0.465 e. The Bertz CT molecular complexity index is 1090. The molecule has 11 nitrogen and oxygen atoms in total. The van der Waals surface area contributed by atoms with Crippen molar-refractivity contribution >= 4 is 34.7 Å². The lowest BCUT2D eigenvalue weighted by Gasteiger charge is -2.29. The van der Waals surface area contributed by atoms with E-state index in [9.17, 15) is 9.90 Å². The predicted octanol–water partition coefficient (Wildman–Crippen LogP) is 2.65. The summed E-state index contributed by atoms with van der Waals surface area (Å²) < 4.78 is 5.44. The number of aromatic nitrogens is 6. The maximum atomic E-state index is 11.2. The Morgan fingerprint density at radius 3 is 2.52 bits per heavy atom. The van der Waals surface area contributed by atoms with Crippen molar-refractivity contribution in [1.29, 1.82) is 0 Å². The van der Waals surface area contributed by atoms with E-state index in [4.69, 9.17) is 21.3 Å². The highest BCUT2D eigenvalue weighted by Crippen LogP contribution is 2.32. The number of hydrogen-bond donors (Lipinski definition) is 3. The number of rotatable bonds is 4. The zero-order valence-corrected chi connectivity index (χ0v) is 18.1. The van der Waals surface area contributed by atoms with Gasteiger partial charge in [0.25, 0.3) is 0 Å². The van der Waals surface area contributed by atoms with Gasteiger partial charge < -0.3 is 25.0 Å². The molecule has 0 bridgehead atoms. The molecule has 4 heterocycles. The molecule has 1 saturated heterocycles. The number of hydrogen-bond acceptors (Lipinski definition) is 8. The average Bonchev–Trinajstić information content (AvgIpc) is 3.11. The Labute approximate surface area is 183 Å². The number of carboxylic acid groups (broad SMARTS) is 1. The molecule has 1 unspecified atom stereocenters. The third-order valence-corrected chi connectivity index (χ3v) is 5.11.